The van der Waals surface area contributed by atoms with Gasteiger partial charge < -0.3 is 19.3 Å². The minimum absolute atomic E-state index is 0.0409. The highest BCUT2D eigenvalue weighted by Gasteiger charge is 2.73. The average molecular weight is 471 g/mol. The van der Waals surface area contributed by atoms with E-state index in [1.165, 1.54) is 18.4 Å². The molecule has 2 aromatic carbocycles. The SMILES string of the molecule is COc1ccc2c3c1OC1c4nc5ccccc5c(OC)c4CC4(O)[C@@H](C2)N(CC2CC2)CC[C@]314. The third-order valence-electron chi connectivity index (χ3n) is 9.59. The van der Waals surface area contributed by atoms with E-state index >= 15 is 0 Å². The summed E-state index contributed by atoms with van der Waals surface area (Å²) >= 11 is 0. The van der Waals surface area contributed by atoms with Crippen molar-refractivity contribution < 1.29 is 19.3 Å². The smallest absolute Gasteiger partial charge is 0.166 e. The Balaban J connectivity index is 1.43. The molecule has 8 rings (SSSR count). The summed E-state index contributed by atoms with van der Waals surface area (Å²) in [6, 6.07) is 12.4. The molecule has 3 aliphatic carbocycles. The quantitative estimate of drug-likeness (QED) is 0.623. The zero-order chi connectivity index (χ0) is 23.5. The molecule has 0 amide bonds. The predicted octanol–water partition coefficient (Wildman–Crippen LogP) is 3.95. The Morgan fingerprint density at radius 3 is 2.80 bits per heavy atom. The molecule has 1 spiro atoms. The van der Waals surface area contributed by atoms with E-state index in [2.05, 4.69) is 17.0 Å². The van der Waals surface area contributed by atoms with Crippen molar-refractivity contribution in [3.05, 3.63) is 58.8 Å². The molecule has 6 nitrogen and oxygen atoms in total. The van der Waals surface area contributed by atoms with E-state index in [9.17, 15) is 5.11 Å². The molecule has 1 saturated heterocycles. The first-order valence-corrected chi connectivity index (χ1v) is 12.9. The molecular weight excluding hydrogens is 440 g/mol. The first kappa shape index (κ1) is 20.4. The molecule has 1 saturated carbocycles. The molecule has 3 aromatic rings. The lowest BCUT2D eigenvalue weighted by atomic mass is 9.49. The van der Waals surface area contributed by atoms with Crippen molar-refractivity contribution in [2.75, 3.05) is 27.3 Å². The number of hydrogen-bond donors (Lipinski definition) is 1. The van der Waals surface area contributed by atoms with Crippen LogP contribution in [0, 0.1) is 5.92 Å². The van der Waals surface area contributed by atoms with Gasteiger partial charge in [0.1, 0.15) is 5.75 Å². The monoisotopic (exact) mass is 470 g/mol. The second-order valence-corrected chi connectivity index (χ2v) is 11.1. The van der Waals surface area contributed by atoms with Crippen LogP contribution in [0.5, 0.6) is 17.2 Å². The van der Waals surface area contributed by atoms with E-state index in [0.717, 1.165) is 76.8 Å². The molecule has 2 unspecified atom stereocenters. The maximum Gasteiger partial charge on any atom is 0.166 e. The zero-order valence-electron chi connectivity index (χ0n) is 20.2. The molecule has 4 atom stereocenters. The molecule has 35 heavy (non-hydrogen) atoms. The summed E-state index contributed by atoms with van der Waals surface area (Å²) in [6.07, 6.45) is 4.44. The topological polar surface area (TPSA) is 64.0 Å². The van der Waals surface area contributed by atoms with Gasteiger partial charge in [-0.3, -0.25) is 4.90 Å². The number of likely N-dealkylation sites (tertiary alicyclic amines) is 1. The van der Waals surface area contributed by atoms with Gasteiger partial charge in [0, 0.05) is 35.5 Å². The van der Waals surface area contributed by atoms with Crippen LogP contribution in [0.2, 0.25) is 0 Å². The summed E-state index contributed by atoms with van der Waals surface area (Å²) in [5.41, 5.74) is 3.73. The van der Waals surface area contributed by atoms with Gasteiger partial charge in [0.2, 0.25) is 0 Å². The summed E-state index contributed by atoms with van der Waals surface area (Å²) in [7, 11) is 3.42. The van der Waals surface area contributed by atoms with Gasteiger partial charge in [-0.05, 0) is 61.9 Å². The van der Waals surface area contributed by atoms with Gasteiger partial charge in [-0.25, -0.2) is 4.98 Å². The third-order valence-corrected chi connectivity index (χ3v) is 9.59. The normalized spacial score (nSPS) is 32.1. The van der Waals surface area contributed by atoms with Crippen LogP contribution in [-0.2, 0) is 18.3 Å². The molecule has 3 heterocycles. The number of aromatic nitrogens is 1. The first-order valence-electron chi connectivity index (χ1n) is 12.9. The number of ether oxygens (including phenoxy) is 3. The van der Waals surface area contributed by atoms with Crippen LogP contribution in [0.1, 0.15) is 47.8 Å². The number of para-hydroxylation sites is 1. The highest BCUT2D eigenvalue weighted by atomic mass is 16.5. The van der Waals surface area contributed by atoms with Gasteiger partial charge in [-0.15, -0.1) is 0 Å². The number of benzene rings is 2. The Labute approximate surface area is 204 Å². The van der Waals surface area contributed by atoms with Gasteiger partial charge in [-0.2, -0.15) is 0 Å². The van der Waals surface area contributed by atoms with E-state index in [1.54, 1.807) is 14.2 Å². The highest BCUT2D eigenvalue weighted by molar-refractivity contribution is 5.87. The predicted molar refractivity (Wildman–Crippen MR) is 131 cm³/mol. The van der Waals surface area contributed by atoms with Crippen LogP contribution in [0.25, 0.3) is 10.9 Å². The molecular formula is C29H30N2O4. The molecule has 6 heteroatoms. The third kappa shape index (κ3) is 2.35. The van der Waals surface area contributed by atoms with Gasteiger partial charge in [0.15, 0.2) is 17.6 Å². The maximum absolute atomic E-state index is 13.0. The van der Waals surface area contributed by atoms with Crippen LogP contribution in [-0.4, -0.2) is 53.9 Å². The van der Waals surface area contributed by atoms with Gasteiger partial charge >= 0.3 is 0 Å². The van der Waals surface area contributed by atoms with E-state index < -0.39 is 11.0 Å². The van der Waals surface area contributed by atoms with E-state index in [0.29, 0.717) is 6.42 Å². The van der Waals surface area contributed by atoms with Crippen LogP contribution in [0.3, 0.4) is 0 Å². The Morgan fingerprint density at radius 1 is 1.14 bits per heavy atom. The number of aliphatic hydroxyl groups is 1. The number of piperidine rings is 1. The van der Waals surface area contributed by atoms with Crippen molar-refractivity contribution in [3.8, 4) is 17.2 Å². The number of nitrogens with zero attached hydrogens (tertiary/aromatic N) is 2. The number of fused-ring (bicyclic) bond motifs is 3. The van der Waals surface area contributed by atoms with Crippen LogP contribution < -0.4 is 14.2 Å². The Hall–Kier alpha value is -2.83. The fourth-order valence-electron chi connectivity index (χ4n) is 7.93. The van der Waals surface area contributed by atoms with Crippen molar-refractivity contribution in [2.45, 2.75) is 55.3 Å². The Kier molecular flexibility index (Phi) is 3.89. The molecule has 1 aromatic heterocycles. The van der Waals surface area contributed by atoms with Gasteiger partial charge in [0.05, 0.1) is 36.4 Å². The van der Waals surface area contributed by atoms with E-state index in [1.807, 2.05) is 24.3 Å². The van der Waals surface area contributed by atoms with Crippen LogP contribution in [0.4, 0.5) is 0 Å². The molecule has 1 N–H and O–H groups in total. The lowest BCUT2D eigenvalue weighted by Crippen LogP contribution is -2.74. The molecule has 2 bridgehead atoms. The van der Waals surface area contributed by atoms with Crippen molar-refractivity contribution in [3.63, 3.8) is 0 Å². The molecule has 180 valence electrons. The van der Waals surface area contributed by atoms with Gasteiger partial charge in [0.25, 0.3) is 0 Å². The maximum atomic E-state index is 13.0. The second-order valence-electron chi connectivity index (χ2n) is 11.1. The van der Waals surface area contributed by atoms with E-state index in [-0.39, 0.29) is 12.1 Å². The number of methoxy groups -OCH3 is 2. The fraction of sp³-hybridized carbons (Fsp3) is 0.483. The van der Waals surface area contributed by atoms with E-state index in [4.69, 9.17) is 19.2 Å². The summed E-state index contributed by atoms with van der Waals surface area (Å²) in [5, 5.41) is 14.0. The summed E-state index contributed by atoms with van der Waals surface area (Å²) in [5.74, 6) is 3.12. The Morgan fingerprint density at radius 2 is 2.00 bits per heavy atom. The van der Waals surface area contributed by atoms with Crippen molar-refractivity contribution in [1.29, 1.82) is 0 Å². The number of pyridine rings is 1. The molecule has 2 aliphatic heterocycles. The highest BCUT2D eigenvalue weighted by Crippen LogP contribution is 2.69. The van der Waals surface area contributed by atoms with Crippen LogP contribution in [0.15, 0.2) is 36.4 Å². The van der Waals surface area contributed by atoms with Crippen molar-refractivity contribution >= 4 is 10.9 Å². The summed E-state index contributed by atoms with van der Waals surface area (Å²) in [6.45, 7) is 2.05. The van der Waals surface area contributed by atoms with Crippen LogP contribution >= 0.6 is 0 Å². The number of rotatable bonds is 4. The fourth-order valence-corrected chi connectivity index (χ4v) is 7.93. The minimum atomic E-state index is -0.972. The number of hydrogen-bond acceptors (Lipinski definition) is 6. The van der Waals surface area contributed by atoms with Gasteiger partial charge in [-0.1, -0.05) is 18.2 Å². The largest absolute Gasteiger partial charge is 0.496 e. The summed E-state index contributed by atoms with van der Waals surface area (Å²) < 4.78 is 18.6. The van der Waals surface area contributed by atoms with Crippen molar-refractivity contribution in [1.82, 2.24) is 9.88 Å². The molecule has 5 aliphatic rings. The zero-order valence-corrected chi connectivity index (χ0v) is 20.2. The second kappa shape index (κ2) is 6.68. The molecule has 2 fully saturated rings. The Bertz CT molecular complexity index is 1400. The standard InChI is InChI=1S/C29H30N2O4/c1-33-21-10-9-17-13-22-29(32)14-19-24(30-20-6-4-3-5-18(20)25(19)34-2)27-28(29,23(17)26(21)35-27)11-12-31(22)15-16-7-8-16/h3-6,9-10,16,22,27,32H,7-8,11-15H2,1-2H3/t22-,27?,28+,29?/m1/s1. The van der Waals surface area contributed by atoms with Crippen molar-refractivity contribution in [2.24, 2.45) is 5.92 Å². The lowest BCUT2D eigenvalue weighted by molar-refractivity contribution is -0.173. The average Bonchev–Trinajstić information content (AvgIpc) is 3.61. The first-order chi connectivity index (χ1) is 17.1. The molecule has 0 radical (unpaired) electrons. The lowest BCUT2D eigenvalue weighted by Gasteiger charge is -2.63. The summed E-state index contributed by atoms with van der Waals surface area (Å²) in [4.78, 5) is 7.75. The minimum Gasteiger partial charge on any atom is -0.496 e.